The lowest BCUT2D eigenvalue weighted by Gasteiger charge is -2.06. The fraction of sp³-hybridized carbons (Fsp3) is 0.333. The fourth-order valence-corrected chi connectivity index (χ4v) is 1.27. The summed E-state index contributed by atoms with van der Waals surface area (Å²) >= 11 is 0. The first-order valence-electron chi connectivity index (χ1n) is 5.18. The quantitative estimate of drug-likeness (QED) is 0.723. The van der Waals surface area contributed by atoms with E-state index in [2.05, 4.69) is 0 Å². The first-order chi connectivity index (χ1) is 8.06. The molecule has 92 valence electrons. The maximum atomic E-state index is 11.5. The number of ether oxygens (including phenoxy) is 1. The maximum Gasteiger partial charge on any atom is 0.337 e. The van der Waals surface area contributed by atoms with Crippen molar-refractivity contribution in [2.24, 2.45) is 0 Å². The molecule has 0 amide bonds. The Labute approximate surface area is 98.6 Å². The minimum absolute atomic E-state index is 0.00265. The van der Waals surface area contributed by atoms with E-state index in [1.807, 2.05) is 0 Å². The van der Waals surface area contributed by atoms with Crippen LogP contribution in [0.2, 0.25) is 0 Å². The summed E-state index contributed by atoms with van der Waals surface area (Å²) in [6.07, 6.45) is -1.56. The van der Waals surface area contributed by atoms with Crippen molar-refractivity contribution >= 4 is 11.8 Å². The van der Waals surface area contributed by atoms with Gasteiger partial charge >= 0.3 is 5.97 Å². The highest BCUT2D eigenvalue weighted by Crippen LogP contribution is 2.14. The van der Waals surface area contributed by atoms with Crippen molar-refractivity contribution in [2.45, 2.75) is 13.0 Å². The van der Waals surface area contributed by atoms with E-state index in [0.717, 1.165) is 0 Å². The molecule has 5 nitrogen and oxygen atoms in total. The zero-order valence-electron chi connectivity index (χ0n) is 9.42. The number of hydrogen-bond donors (Lipinski definition) is 2. The Morgan fingerprint density at radius 2 is 1.88 bits per heavy atom. The zero-order valence-corrected chi connectivity index (χ0v) is 9.42. The number of rotatable bonds is 6. The fourth-order valence-electron chi connectivity index (χ4n) is 1.27. The maximum absolute atomic E-state index is 11.5. The number of aliphatic carboxylic acids is 1. The van der Waals surface area contributed by atoms with Gasteiger partial charge in [0.05, 0.1) is 0 Å². The highest BCUT2D eigenvalue weighted by Gasteiger charge is 2.16. The van der Waals surface area contributed by atoms with Crippen molar-refractivity contribution < 1.29 is 24.5 Å². The Balaban J connectivity index is 2.74. The van der Waals surface area contributed by atoms with Gasteiger partial charge in [0, 0.05) is 12.2 Å². The van der Waals surface area contributed by atoms with Crippen LogP contribution >= 0.6 is 0 Å². The van der Waals surface area contributed by atoms with Crippen LogP contribution < -0.4 is 0 Å². The van der Waals surface area contributed by atoms with Crippen LogP contribution in [0.1, 0.15) is 28.9 Å². The van der Waals surface area contributed by atoms with Gasteiger partial charge in [-0.2, -0.15) is 0 Å². The molecule has 0 heterocycles. The van der Waals surface area contributed by atoms with Crippen molar-refractivity contribution in [1.82, 2.24) is 0 Å². The number of carboxylic acid groups (broad SMARTS) is 1. The van der Waals surface area contributed by atoms with Gasteiger partial charge in [-0.1, -0.05) is 24.3 Å². The third-order valence-electron chi connectivity index (χ3n) is 2.22. The second kappa shape index (κ2) is 6.12. The van der Waals surface area contributed by atoms with Crippen LogP contribution in [0.4, 0.5) is 0 Å². The third kappa shape index (κ3) is 3.65. The van der Waals surface area contributed by atoms with Crippen LogP contribution in [0.5, 0.6) is 0 Å². The molecule has 0 saturated heterocycles. The highest BCUT2D eigenvalue weighted by molar-refractivity contribution is 5.97. The molecule has 5 heteroatoms. The van der Waals surface area contributed by atoms with Gasteiger partial charge in [-0.15, -0.1) is 0 Å². The molecule has 0 radical (unpaired) electrons. The van der Waals surface area contributed by atoms with Crippen LogP contribution in [0.15, 0.2) is 24.3 Å². The second-order valence-electron chi connectivity index (χ2n) is 3.42. The SMILES string of the molecule is CCOCC(=O)c1ccc(C(O)C(=O)O)cc1. The lowest BCUT2D eigenvalue weighted by Crippen LogP contribution is -2.12. The van der Waals surface area contributed by atoms with Crippen molar-refractivity contribution in [3.05, 3.63) is 35.4 Å². The summed E-state index contributed by atoms with van der Waals surface area (Å²) in [7, 11) is 0. The van der Waals surface area contributed by atoms with E-state index in [-0.39, 0.29) is 18.0 Å². The third-order valence-corrected chi connectivity index (χ3v) is 2.22. The number of carboxylic acids is 1. The molecule has 0 saturated carbocycles. The molecule has 0 fully saturated rings. The molecule has 1 atom stereocenters. The minimum Gasteiger partial charge on any atom is -0.479 e. The molecule has 17 heavy (non-hydrogen) atoms. The molecule has 0 spiro atoms. The van der Waals surface area contributed by atoms with Gasteiger partial charge < -0.3 is 14.9 Å². The predicted molar refractivity (Wildman–Crippen MR) is 59.9 cm³/mol. The highest BCUT2D eigenvalue weighted by atomic mass is 16.5. The number of ketones is 1. The molecule has 0 bridgehead atoms. The van der Waals surface area contributed by atoms with Gasteiger partial charge in [0.15, 0.2) is 11.9 Å². The molecule has 1 unspecified atom stereocenters. The Kier molecular flexibility index (Phi) is 4.81. The normalized spacial score (nSPS) is 12.1. The molecule has 0 aliphatic rings. The van der Waals surface area contributed by atoms with E-state index < -0.39 is 12.1 Å². The van der Waals surface area contributed by atoms with Gasteiger partial charge in [-0.05, 0) is 12.5 Å². The average molecular weight is 238 g/mol. The number of benzene rings is 1. The summed E-state index contributed by atoms with van der Waals surface area (Å²) in [5.41, 5.74) is 0.672. The van der Waals surface area contributed by atoms with Crippen LogP contribution in [-0.2, 0) is 9.53 Å². The van der Waals surface area contributed by atoms with Crippen LogP contribution in [0, 0.1) is 0 Å². The lowest BCUT2D eigenvalue weighted by molar-refractivity contribution is -0.146. The van der Waals surface area contributed by atoms with Crippen molar-refractivity contribution in [3.8, 4) is 0 Å². The molecule has 0 aromatic heterocycles. The monoisotopic (exact) mass is 238 g/mol. The number of Topliss-reactive ketones (excluding diaryl/α,β-unsaturated/α-hetero) is 1. The molecule has 1 aromatic rings. The van der Waals surface area contributed by atoms with Gasteiger partial charge in [-0.3, -0.25) is 4.79 Å². The Hall–Kier alpha value is -1.72. The molecule has 0 aliphatic heterocycles. The molecule has 1 aromatic carbocycles. The van der Waals surface area contributed by atoms with Gasteiger partial charge in [0.1, 0.15) is 6.61 Å². The van der Waals surface area contributed by atoms with Crippen LogP contribution in [0.25, 0.3) is 0 Å². The largest absolute Gasteiger partial charge is 0.479 e. The van der Waals surface area contributed by atoms with Gasteiger partial charge in [0.2, 0.25) is 0 Å². The summed E-state index contributed by atoms with van der Waals surface area (Å²) in [4.78, 5) is 22.0. The Morgan fingerprint density at radius 1 is 1.29 bits per heavy atom. The molecule has 0 aliphatic carbocycles. The van der Waals surface area contributed by atoms with E-state index in [4.69, 9.17) is 9.84 Å². The summed E-state index contributed by atoms with van der Waals surface area (Å²) in [6, 6.07) is 5.78. The number of aliphatic hydroxyl groups excluding tert-OH is 1. The predicted octanol–water partition coefficient (Wildman–Crippen LogP) is 1.02. The lowest BCUT2D eigenvalue weighted by atomic mass is 10.1. The smallest absolute Gasteiger partial charge is 0.337 e. The summed E-state index contributed by atoms with van der Waals surface area (Å²) in [5, 5.41) is 17.9. The van der Waals surface area contributed by atoms with E-state index in [0.29, 0.717) is 12.2 Å². The summed E-state index contributed by atoms with van der Waals surface area (Å²) < 4.78 is 4.97. The molecule has 1 rings (SSSR count). The summed E-state index contributed by atoms with van der Waals surface area (Å²) in [5.74, 6) is -1.50. The van der Waals surface area contributed by atoms with E-state index in [9.17, 15) is 14.7 Å². The van der Waals surface area contributed by atoms with Crippen LogP contribution in [0.3, 0.4) is 0 Å². The van der Waals surface area contributed by atoms with E-state index in [1.165, 1.54) is 24.3 Å². The number of carbonyl (C=O) groups is 2. The van der Waals surface area contributed by atoms with Crippen molar-refractivity contribution in [3.63, 3.8) is 0 Å². The average Bonchev–Trinajstić information content (AvgIpc) is 2.35. The minimum atomic E-state index is -1.56. The molecule has 2 N–H and O–H groups in total. The van der Waals surface area contributed by atoms with Gasteiger partial charge in [-0.25, -0.2) is 4.79 Å². The van der Waals surface area contributed by atoms with E-state index >= 15 is 0 Å². The topological polar surface area (TPSA) is 83.8 Å². The van der Waals surface area contributed by atoms with Crippen molar-refractivity contribution in [2.75, 3.05) is 13.2 Å². The number of hydrogen-bond acceptors (Lipinski definition) is 4. The first-order valence-corrected chi connectivity index (χ1v) is 5.18. The Morgan fingerprint density at radius 3 is 2.35 bits per heavy atom. The number of carbonyl (C=O) groups excluding carboxylic acids is 1. The summed E-state index contributed by atoms with van der Waals surface area (Å²) in [6.45, 7) is 2.25. The number of aliphatic hydroxyl groups is 1. The van der Waals surface area contributed by atoms with Crippen LogP contribution in [-0.4, -0.2) is 35.2 Å². The Bertz CT molecular complexity index is 396. The molecular formula is C12H14O5. The molecular weight excluding hydrogens is 224 g/mol. The second-order valence-corrected chi connectivity index (χ2v) is 3.42. The van der Waals surface area contributed by atoms with Crippen molar-refractivity contribution in [1.29, 1.82) is 0 Å². The zero-order chi connectivity index (χ0) is 12.8. The standard InChI is InChI=1S/C12H14O5/c1-2-17-7-10(13)8-3-5-9(6-4-8)11(14)12(15)16/h3-6,11,14H,2,7H2,1H3,(H,15,16). The van der Waals surface area contributed by atoms with Gasteiger partial charge in [0.25, 0.3) is 0 Å². The van der Waals surface area contributed by atoms with E-state index in [1.54, 1.807) is 6.92 Å². The first kappa shape index (κ1) is 13.3.